The lowest BCUT2D eigenvalue weighted by Gasteiger charge is -2.31. The maximum Gasteiger partial charge on any atom is 0.321 e. The average Bonchev–Trinajstić information content (AvgIpc) is 2.55. The zero-order valence-electron chi connectivity index (χ0n) is 13.6. The Morgan fingerprint density at radius 1 is 1.35 bits per heavy atom. The monoisotopic (exact) mass is 338 g/mol. The van der Waals surface area contributed by atoms with E-state index in [4.69, 9.17) is 16.7 Å². The van der Waals surface area contributed by atoms with E-state index in [1.165, 1.54) is 0 Å². The lowest BCUT2D eigenvalue weighted by molar-refractivity contribution is -0.143. The Hall–Kier alpha value is -1.75. The van der Waals surface area contributed by atoms with Crippen molar-refractivity contribution >= 4 is 29.3 Å². The first-order chi connectivity index (χ1) is 11.0. The minimum atomic E-state index is -0.839. The van der Waals surface area contributed by atoms with Crippen molar-refractivity contribution in [3.63, 3.8) is 0 Å². The van der Waals surface area contributed by atoms with Crippen molar-refractivity contribution in [2.45, 2.75) is 39.5 Å². The molecule has 0 spiro atoms. The van der Waals surface area contributed by atoms with Crippen LogP contribution in [0.1, 0.15) is 37.8 Å². The van der Waals surface area contributed by atoms with E-state index in [1.807, 2.05) is 26.0 Å². The van der Waals surface area contributed by atoms with Gasteiger partial charge in [-0.3, -0.25) is 4.79 Å². The van der Waals surface area contributed by atoms with Gasteiger partial charge >= 0.3 is 12.0 Å². The molecule has 2 N–H and O–H groups in total. The fraction of sp³-hybridized carbons (Fsp3) is 0.529. The van der Waals surface area contributed by atoms with Crippen molar-refractivity contribution in [3.8, 4) is 0 Å². The number of aliphatic carboxylic acids is 1. The van der Waals surface area contributed by atoms with Crippen molar-refractivity contribution in [1.29, 1.82) is 0 Å². The summed E-state index contributed by atoms with van der Waals surface area (Å²) in [4.78, 5) is 25.3. The van der Waals surface area contributed by atoms with Gasteiger partial charge in [0.2, 0.25) is 0 Å². The summed E-state index contributed by atoms with van der Waals surface area (Å²) in [6, 6.07) is 3.53. The van der Waals surface area contributed by atoms with Gasteiger partial charge in [0, 0.05) is 18.1 Å². The summed E-state index contributed by atoms with van der Waals surface area (Å²) in [7, 11) is 0. The molecule has 1 unspecified atom stereocenters. The highest BCUT2D eigenvalue weighted by Gasteiger charge is 2.28. The third-order valence-electron chi connectivity index (χ3n) is 4.37. The van der Waals surface area contributed by atoms with E-state index in [0.29, 0.717) is 24.4 Å². The van der Waals surface area contributed by atoms with E-state index in [-0.39, 0.29) is 12.6 Å². The van der Waals surface area contributed by atoms with Crippen LogP contribution in [-0.4, -0.2) is 35.1 Å². The predicted octanol–water partition coefficient (Wildman–Crippen LogP) is 3.79. The molecule has 0 bridgehead atoms. The van der Waals surface area contributed by atoms with E-state index in [9.17, 15) is 9.59 Å². The molecule has 1 heterocycles. The number of nitrogens with zero attached hydrogens (tertiary/aromatic N) is 1. The quantitative estimate of drug-likeness (QED) is 0.877. The Bertz CT molecular complexity index is 604. The fourth-order valence-corrected chi connectivity index (χ4v) is 3.31. The van der Waals surface area contributed by atoms with Crippen LogP contribution in [0.2, 0.25) is 5.02 Å². The number of piperidine rings is 1. The molecule has 2 rings (SSSR count). The van der Waals surface area contributed by atoms with Crippen molar-refractivity contribution in [2.75, 3.05) is 18.4 Å². The van der Waals surface area contributed by atoms with Crippen molar-refractivity contribution < 1.29 is 14.7 Å². The molecule has 6 heteroatoms. The van der Waals surface area contributed by atoms with Gasteiger partial charge in [-0.1, -0.05) is 31.5 Å². The molecule has 1 aliphatic heterocycles. The Morgan fingerprint density at radius 3 is 2.70 bits per heavy atom. The molecule has 126 valence electrons. The smallest absolute Gasteiger partial charge is 0.321 e. The Labute approximate surface area is 141 Å². The number of carbonyl (C=O) groups excluding carboxylic acids is 1. The Kier molecular flexibility index (Phi) is 5.88. The number of carboxylic acid groups (broad SMARTS) is 1. The first-order valence-electron chi connectivity index (χ1n) is 8.06. The lowest BCUT2D eigenvalue weighted by Crippen LogP contribution is -2.44. The normalized spacial score (nSPS) is 17.9. The Balaban J connectivity index is 2.20. The number of anilines is 1. The van der Waals surface area contributed by atoms with E-state index in [2.05, 4.69) is 5.32 Å². The molecule has 0 saturated carbocycles. The van der Waals surface area contributed by atoms with Gasteiger partial charge in [-0.15, -0.1) is 0 Å². The molecule has 0 aromatic heterocycles. The van der Waals surface area contributed by atoms with Crippen molar-refractivity contribution in [2.24, 2.45) is 5.92 Å². The number of urea groups is 1. The van der Waals surface area contributed by atoms with Crippen LogP contribution >= 0.6 is 11.6 Å². The number of amides is 2. The molecule has 23 heavy (non-hydrogen) atoms. The molecular weight excluding hydrogens is 316 g/mol. The van der Waals surface area contributed by atoms with Gasteiger partial charge in [0.25, 0.3) is 0 Å². The molecule has 1 fully saturated rings. The lowest BCUT2D eigenvalue weighted by atomic mass is 9.98. The number of aryl methyl sites for hydroxylation is 1. The first kappa shape index (κ1) is 17.6. The van der Waals surface area contributed by atoms with E-state index >= 15 is 0 Å². The maximum atomic E-state index is 12.6. The molecule has 1 aromatic rings. The summed E-state index contributed by atoms with van der Waals surface area (Å²) in [5.41, 5.74) is 2.72. The second-order valence-electron chi connectivity index (χ2n) is 5.82. The average molecular weight is 339 g/mol. The van der Waals surface area contributed by atoms with Crippen LogP contribution in [-0.2, 0) is 17.6 Å². The third-order valence-corrected chi connectivity index (χ3v) is 4.72. The van der Waals surface area contributed by atoms with Crippen LogP contribution < -0.4 is 5.32 Å². The van der Waals surface area contributed by atoms with Crippen LogP contribution in [0.5, 0.6) is 0 Å². The molecule has 0 aliphatic carbocycles. The highest BCUT2D eigenvalue weighted by Crippen LogP contribution is 2.30. The molecule has 1 atom stereocenters. The number of likely N-dealkylation sites (tertiary alicyclic amines) is 1. The topological polar surface area (TPSA) is 69.6 Å². The second kappa shape index (κ2) is 7.68. The molecule has 1 saturated heterocycles. The number of nitrogens with one attached hydrogen (secondary N) is 1. The van der Waals surface area contributed by atoms with Crippen LogP contribution in [0.25, 0.3) is 0 Å². The maximum absolute atomic E-state index is 12.6. The van der Waals surface area contributed by atoms with Crippen LogP contribution in [0.15, 0.2) is 12.1 Å². The molecule has 1 aromatic carbocycles. The fourth-order valence-electron chi connectivity index (χ4n) is 3.02. The third kappa shape index (κ3) is 3.96. The van der Waals surface area contributed by atoms with Crippen LogP contribution in [0.4, 0.5) is 10.5 Å². The van der Waals surface area contributed by atoms with E-state index in [1.54, 1.807) is 4.90 Å². The molecule has 0 radical (unpaired) electrons. The van der Waals surface area contributed by atoms with Gasteiger partial charge in [-0.05, 0) is 42.9 Å². The summed E-state index contributed by atoms with van der Waals surface area (Å²) in [6.45, 7) is 4.86. The number of carboxylic acids is 1. The van der Waals surface area contributed by atoms with Gasteiger partial charge in [-0.25, -0.2) is 4.79 Å². The van der Waals surface area contributed by atoms with Gasteiger partial charge < -0.3 is 15.3 Å². The number of hydrogen-bond acceptors (Lipinski definition) is 2. The number of carbonyl (C=O) groups is 2. The summed E-state index contributed by atoms with van der Waals surface area (Å²) in [6.07, 6.45) is 2.84. The standard InChI is InChI=1S/C17H23ClN2O3/c1-3-11-7-8-14(18)13(4-2)15(11)19-17(23)20-9-5-6-12(10-20)16(21)22/h7-8,12H,3-6,9-10H2,1-2H3,(H,19,23)(H,21,22). The number of benzene rings is 1. The van der Waals surface area contributed by atoms with Crippen LogP contribution in [0.3, 0.4) is 0 Å². The molecular formula is C17H23ClN2O3. The molecule has 5 nitrogen and oxygen atoms in total. The highest BCUT2D eigenvalue weighted by molar-refractivity contribution is 6.32. The minimum Gasteiger partial charge on any atom is -0.481 e. The minimum absolute atomic E-state index is 0.248. The SMILES string of the molecule is CCc1ccc(Cl)c(CC)c1NC(=O)N1CCCC(C(=O)O)C1. The first-order valence-corrected chi connectivity index (χ1v) is 8.44. The summed E-state index contributed by atoms with van der Waals surface area (Å²) >= 11 is 6.25. The highest BCUT2D eigenvalue weighted by atomic mass is 35.5. The largest absolute Gasteiger partial charge is 0.481 e. The molecule has 2 amide bonds. The summed E-state index contributed by atoms with van der Waals surface area (Å²) < 4.78 is 0. The van der Waals surface area contributed by atoms with Crippen molar-refractivity contribution in [1.82, 2.24) is 4.90 Å². The Morgan fingerprint density at radius 2 is 2.09 bits per heavy atom. The molecule has 1 aliphatic rings. The van der Waals surface area contributed by atoms with Gasteiger partial charge in [-0.2, -0.15) is 0 Å². The van der Waals surface area contributed by atoms with E-state index in [0.717, 1.165) is 29.7 Å². The number of rotatable bonds is 4. The van der Waals surface area contributed by atoms with Crippen LogP contribution in [0, 0.1) is 5.92 Å². The predicted molar refractivity (Wildman–Crippen MR) is 91.2 cm³/mol. The number of halogens is 1. The van der Waals surface area contributed by atoms with Crippen molar-refractivity contribution in [3.05, 3.63) is 28.3 Å². The van der Waals surface area contributed by atoms with Gasteiger partial charge in [0.1, 0.15) is 0 Å². The summed E-state index contributed by atoms with van der Waals surface area (Å²) in [5, 5.41) is 12.8. The second-order valence-corrected chi connectivity index (χ2v) is 6.23. The zero-order chi connectivity index (χ0) is 17.0. The number of hydrogen-bond donors (Lipinski definition) is 2. The van der Waals surface area contributed by atoms with Gasteiger partial charge in [0.15, 0.2) is 0 Å². The van der Waals surface area contributed by atoms with Gasteiger partial charge in [0.05, 0.1) is 11.6 Å². The zero-order valence-corrected chi connectivity index (χ0v) is 14.3. The van der Waals surface area contributed by atoms with E-state index < -0.39 is 11.9 Å². The summed E-state index contributed by atoms with van der Waals surface area (Å²) in [5.74, 6) is -1.32.